The van der Waals surface area contributed by atoms with Crippen molar-refractivity contribution in [1.82, 2.24) is 25.8 Å². The first-order valence-corrected chi connectivity index (χ1v) is 11.1. The summed E-state index contributed by atoms with van der Waals surface area (Å²) >= 11 is 0. The average molecular weight is 450 g/mol. The molecule has 9 nitrogen and oxygen atoms in total. The number of nitrogens with one attached hydrogen (secondary N) is 3. The molecule has 2 heterocycles. The molecule has 1 aliphatic rings. The number of aliphatic imine (C=N–C) groups is 1. The summed E-state index contributed by atoms with van der Waals surface area (Å²) < 4.78 is 10.8. The van der Waals surface area contributed by atoms with Gasteiger partial charge >= 0.3 is 0 Å². The third-order valence-corrected chi connectivity index (χ3v) is 5.84. The van der Waals surface area contributed by atoms with Crippen molar-refractivity contribution in [2.75, 3.05) is 39.3 Å². The lowest BCUT2D eigenvalue weighted by Crippen LogP contribution is -2.48. The maximum Gasteiger partial charge on any atom is 0.191 e. The van der Waals surface area contributed by atoms with E-state index >= 15 is 0 Å². The van der Waals surface area contributed by atoms with Crippen molar-refractivity contribution in [1.29, 1.82) is 0 Å². The van der Waals surface area contributed by atoms with Crippen LogP contribution >= 0.6 is 0 Å². The van der Waals surface area contributed by atoms with Crippen LogP contribution in [-0.4, -0.2) is 61.5 Å². The molecule has 1 aliphatic heterocycles. The van der Waals surface area contributed by atoms with Crippen molar-refractivity contribution in [2.45, 2.75) is 25.4 Å². The minimum Gasteiger partial charge on any atom is -0.497 e. The monoisotopic (exact) mass is 449 g/mol. The first kappa shape index (κ1) is 22.4. The molecule has 0 amide bonds. The molecule has 0 aliphatic carbocycles. The fourth-order valence-corrected chi connectivity index (χ4v) is 4.00. The van der Waals surface area contributed by atoms with Crippen LogP contribution in [0.2, 0.25) is 0 Å². The van der Waals surface area contributed by atoms with Gasteiger partial charge < -0.3 is 25.0 Å². The van der Waals surface area contributed by atoms with Crippen molar-refractivity contribution in [3.05, 3.63) is 54.4 Å². The van der Waals surface area contributed by atoms with E-state index < -0.39 is 0 Å². The van der Waals surface area contributed by atoms with Crippen LogP contribution in [0.5, 0.6) is 11.5 Å². The van der Waals surface area contributed by atoms with Gasteiger partial charge in [-0.3, -0.25) is 10.1 Å². The van der Waals surface area contributed by atoms with Gasteiger partial charge in [-0.1, -0.05) is 18.2 Å². The number of hydrogen-bond acceptors (Lipinski definition) is 6. The molecule has 9 heteroatoms. The van der Waals surface area contributed by atoms with Gasteiger partial charge in [-0.15, -0.1) is 0 Å². The van der Waals surface area contributed by atoms with Crippen LogP contribution in [-0.2, 0) is 6.54 Å². The van der Waals surface area contributed by atoms with Gasteiger partial charge in [-0.05, 0) is 24.5 Å². The molecule has 0 bridgehead atoms. The Labute approximate surface area is 194 Å². The van der Waals surface area contributed by atoms with E-state index in [-0.39, 0.29) is 0 Å². The van der Waals surface area contributed by atoms with E-state index in [4.69, 9.17) is 9.47 Å². The number of anilines is 1. The number of rotatable bonds is 7. The van der Waals surface area contributed by atoms with Crippen LogP contribution in [0.3, 0.4) is 0 Å². The number of H-pyrrole nitrogens is 1. The second-order valence-electron chi connectivity index (χ2n) is 7.94. The highest BCUT2D eigenvalue weighted by Crippen LogP contribution is 2.30. The van der Waals surface area contributed by atoms with Gasteiger partial charge in [-0.25, -0.2) is 4.98 Å². The second kappa shape index (κ2) is 10.7. The zero-order valence-corrected chi connectivity index (χ0v) is 19.3. The molecule has 0 unspecified atom stereocenters. The number of methoxy groups -OCH3 is 2. The summed E-state index contributed by atoms with van der Waals surface area (Å²) in [5.74, 6) is 3.18. The molecular formula is C24H31N7O2. The van der Waals surface area contributed by atoms with Gasteiger partial charge in [0, 0.05) is 62.2 Å². The molecule has 1 saturated heterocycles. The van der Waals surface area contributed by atoms with E-state index in [9.17, 15) is 0 Å². The van der Waals surface area contributed by atoms with Crippen molar-refractivity contribution in [3.63, 3.8) is 0 Å². The Morgan fingerprint density at radius 3 is 2.52 bits per heavy atom. The minimum absolute atomic E-state index is 0.362. The smallest absolute Gasteiger partial charge is 0.191 e. The van der Waals surface area contributed by atoms with Crippen molar-refractivity contribution in [3.8, 4) is 22.9 Å². The Kier molecular flexibility index (Phi) is 7.29. The molecule has 174 valence electrons. The van der Waals surface area contributed by atoms with E-state index in [0.717, 1.165) is 66.0 Å². The lowest BCUT2D eigenvalue weighted by atomic mass is 10.0. The summed E-state index contributed by atoms with van der Waals surface area (Å²) in [6.45, 7) is 2.57. The maximum atomic E-state index is 5.42. The van der Waals surface area contributed by atoms with E-state index in [1.165, 1.54) is 6.33 Å². The number of aromatic nitrogens is 3. The molecule has 0 spiro atoms. The van der Waals surface area contributed by atoms with Gasteiger partial charge in [0.25, 0.3) is 0 Å². The molecule has 4 rings (SSSR count). The molecule has 3 N–H and O–H groups in total. The van der Waals surface area contributed by atoms with Crippen LogP contribution in [0.1, 0.15) is 18.4 Å². The molecule has 0 radical (unpaired) electrons. The third kappa shape index (κ3) is 5.74. The maximum absolute atomic E-state index is 5.42. The summed E-state index contributed by atoms with van der Waals surface area (Å²) in [6.07, 6.45) is 3.55. The first-order chi connectivity index (χ1) is 16.2. The predicted octanol–water partition coefficient (Wildman–Crippen LogP) is 2.82. The molecule has 0 saturated carbocycles. The van der Waals surface area contributed by atoms with Crippen LogP contribution in [0.4, 0.5) is 5.69 Å². The average Bonchev–Trinajstić information content (AvgIpc) is 3.42. The van der Waals surface area contributed by atoms with E-state index in [2.05, 4.69) is 60.0 Å². The molecule has 3 aromatic rings. The topological polar surface area (TPSA) is 99.7 Å². The first-order valence-electron chi connectivity index (χ1n) is 11.1. The van der Waals surface area contributed by atoms with Crippen LogP contribution in [0, 0.1) is 0 Å². The number of aromatic amines is 1. The highest BCUT2D eigenvalue weighted by Gasteiger charge is 2.21. The van der Waals surface area contributed by atoms with Crippen molar-refractivity contribution in [2.24, 2.45) is 4.99 Å². The Balaban J connectivity index is 1.30. The summed E-state index contributed by atoms with van der Waals surface area (Å²) in [6, 6.07) is 14.6. The Morgan fingerprint density at radius 2 is 1.88 bits per heavy atom. The highest BCUT2D eigenvalue weighted by molar-refractivity contribution is 5.80. The van der Waals surface area contributed by atoms with Crippen molar-refractivity contribution >= 4 is 11.6 Å². The van der Waals surface area contributed by atoms with E-state index in [1.54, 1.807) is 21.3 Å². The van der Waals surface area contributed by atoms with Crippen LogP contribution in [0.15, 0.2) is 53.8 Å². The number of ether oxygens (including phenoxy) is 2. The Bertz CT molecular complexity index is 1040. The number of nitrogens with zero attached hydrogens (tertiary/aromatic N) is 4. The molecule has 1 fully saturated rings. The van der Waals surface area contributed by atoms with E-state index in [0.29, 0.717) is 12.6 Å². The zero-order chi connectivity index (χ0) is 23.0. The second-order valence-corrected chi connectivity index (χ2v) is 7.94. The number of piperidine rings is 1. The molecule has 0 atom stereocenters. The third-order valence-electron chi connectivity index (χ3n) is 5.84. The van der Waals surface area contributed by atoms with Gasteiger partial charge in [0.1, 0.15) is 17.8 Å². The van der Waals surface area contributed by atoms with Crippen molar-refractivity contribution < 1.29 is 9.47 Å². The zero-order valence-electron chi connectivity index (χ0n) is 19.3. The van der Waals surface area contributed by atoms with E-state index in [1.807, 2.05) is 18.2 Å². The van der Waals surface area contributed by atoms with Gasteiger partial charge in [0.15, 0.2) is 11.8 Å². The lowest BCUT2D eigenvalue weighted by Gasteiger charge is -2.34. The Morgan fingerprint density at radius 1 is 1.12 bits per heavy atom. The standard InChI is InChI=1S/C24H31N7O2/c1-25-24(26-15-17-5-4-6-18(11-17)23-27-16-28-30-23)29-19-7-9-31(10-8-19)20-12-21(32-2)14-22(13-20)33-3/h4-6,11-14,16,19H,7-10,15H2,1-3H3,(H2,25,26,29)(H,27,28,30). The quantitative estimate of drug-likeness (QED) is 0.377. The summed E-state index contributed by atoms with van der Waals surface area (Å²) in [5, 5.41) is 13.8. The normalized spacial score (nSPS) is 14.8. The van der Waals surface area contributed by atoms with Gasteiger partial charge in [-0.2, -0.15) is 5.10 Å². The lowest BCUT2D eigenvalue weighted by molar-refractivity contribution is 0.393. The molecule has 2 aromatic carbocycles. The van der Waals surface area contributed by atoms with Crippen LogP contribution < -0.4 is 25.0 Å². The van der Waals surface area contributed by atoms with Gasteiger partial charge in [0.05, 0.1) is 14.2 Å². The number of guanidine groups is 1. The minimum atomic E-state index is 0.362. The largest absolute Gasteiger partial charge is 0.497 e. The number of hydrogen-bond donors (Lipinski definition) is 3. The number of benzene rings is 2. The molecule has 1 aromatic heterocycles. The van der Waals surface area contributed by atoms with Gasteiger partial charge in [0.2, 0.25) is 0 Å². The molecule has 33 heavy (non-hydrogen) atoms. The summed E-state index contributed by atoms with van der Waals surface area (Å²) in [5.41, 5.74) is 3.28. The molecular weight excluding hydrogens is 418 g/mol. The SMILES string of the molecule is CN=C(NCc1cccc(-c2ncn[nH]2)c1)NC1CCN(c2cc(OC)cc(OC)c2)CC1. The Hall–Kier alpha value is -3.75. The van der Waals surface area contributed by atoms with Crippen LogP contribution in [0.25, 0.3) is 11.4 Å². The predicted molar refractivity (Wildman–Crippen MR) is 130 cm³/mol. The fraction of sp³-hybridized carbons (Fsp3) is 0.375. The highest BCUT2D eigenvalue weighted by atomic mass is 16.5. The fourth-order valence-electron chi connectivity index (χ4n) is 4.00. The summed E-state index contributed by atoms with van der Waals surface area (Å²) in [7, 11) is 5.16. The summed E-state index contributed by atoms with van der Waals surface area (Å²) in [4.78, 5) is 11.0.